The number of hydrogen-bond donors (Lipinski definition) is 2. The minimum Gasteiger partial charge on any atom is -0.480 e. The van der Waals surface area contributed by atoms with Crippen LogP contribution in [0.1, 0.15) is 22.6 Å². The van der Waals surface area contributed by atoms with E-state index in [0.29, 0.717) is 5.69 Å². The highest BCUT2D eigenvalue weighted by atomic mass is 16.4. The van der Waals surface area contributed by atoms with Crippen molar-refractivity contribution in [3.05, 3.63) is 53.5 Å². The Hall–Kier alpha value is -3.16. The van der Waals surface area contributed by atoms with Crippen LogP contribution in [-0.4, -0.2) is 47.3 Å². The molecule has 8 nitrogen and oxygen atoms in total. The van der Waals surface area contributed by atoms with E-state index in [2.05, 4.69) is 15.0 Å². The number of nitrogens with zero attached hydrogens (tertiary/aromatic N) is 4. The minimum absolute atomic E-state index is 0.0951. The van der Waals surface area contributed by atoms with Gasteiger partial charge in [-0.15, -0.1) is 0 Å². The molecule has 1 aliphatic heterocycles. The molecule has 8 heteroatoms. The predicted molar refractivity (Wildman–Crippen MR) is 87.9 cm³/mol. The SMILES string of the molecule is Cc1cccn2c(CC(=O)N3Cc4[nH]cnc4C[C@@H]3C(=O)O)cnc12. The zero-order chi connectivity index (χ0) is 17.6. The number of aromatic amines is 1. The van der Waals surface area contributed by atoms with Crippen molar-refractivity contribution in [1.29, 1.82) is 0 Å². The van der Waals surface area contributed by atoms with Crippen molar-refractivity contribution in [3.8, 4) is 0 Å². The van der Waals surface area contributed by atoms with Gasteiger partial charge in [-0.3, -0.25) is 4.79 Å². The molecular formula is C17H17N5O3. The third-order valence-electron chi connectivity index (χ3n) is 4.64. The van der Waals surface area contributed by atoms with E-state index >= 15 is 0 Å². The summed E-state index contributed by atoms with van der Waals surface area (Å²) in [5.74, 6) is -1.26. The third kappa shape index (κ3) is 2.55. The van der Waals surface area contributed by atoms with Crippen molar-refractivity contribution in [2.75, 3.05) is 0 Å². The Kier molecular flexibility index (Phi) is 3.52. The number of hydrogen-bond acceptors (Lipinski definition) is 4. The number of aliphatic carboxylic acids is 1. The van der Waals surface area contributed by atoms with Gasteiger partial charge in [-0.05, 0) is 18.6 Å². The number of carboxylic acids is 1. The van der Waals surface area contributed by atoms with Crippen LogP contribution in [0.4, 0.5) is 0 Å². The molecule has 3 aromatic heterocycles. The van der Waals surface area contributed by atoms with Gasteiger partial charge in [0, 0.05) is 18.8 Å². The lowest BCUT2D eigenvalue weighted by Gasteiger charge is -2.32. The first kappa shape index (κ1) is 15.4. The molecule has 128 valence electrons. The second-order valence-electron chi connectivity index (χ2n) is 6.22. The molecule has 0 saturated heterocycles. The molecule has 1 amide bonds. The van der Waals surface area contributed by atoms with Crippen molar-refractivity contribution >= 4 is 17.5 Å². The Morgan fingerprint density at radius 1 is 1.40 bits per heavy atom. The van der Waals surface area contributed by atoms with Crippen LogP contribution in [0, 0.1) is 6.92 Å². The van der Waals surface area contributed by atoms with Crippen LogP contribution in [0.25, 0.3) is 5.65 Å². The number of carbonyl (C=O) groups is 2. The molecule has 4 rings (SSSR count). The van der Waals surface area contributed by atoms with Gasteiger partial charge >= 0.3 is 5.97 Å². The Balaban J connectivity index is 1.63. The van der Waals surface area contributed by atoms with E-state index in [1.54, 1.807) is 6.20 Å². The highest BCUT2D eigenvalue weighted by Crippen LogP contribution is 2.22. The number of imidazole rings is 2. The van der Waals surface area contributed by atoms with Crippen molar-refractivity contribution in [2.24, 2.45) is 0 Å². The van der Waals surface area contributed by atoms with E-state index in [-0.39, 0.29) is 25.3 Å². The standard InChI is InChI=1S/C17H17N5O3/c1-10-3-2-4-21-11(7-18-16(10)21)5-15(23)22-8-13-12(19-9-20-13)6-14(22)17(24)25/h2-4,7,9,14H,5-6,8H2,1H3,(H,19,20)(H,24,25)/t14-/m1/s1. The summed E-state index contributed by atoms with van der Waals surface area (Å²) in [6.45, 7) is 2.18. The largest absolute Gasteiger partial charge is 0.480 e. The number of carboxylic acid groups (broad SMARTS) is 1. The zero-order valence-electron chi connectivity index (χ0n) is 13.6. The maximum Gasteiger partial charge on any atom is 0.326 e. The fourth-order valence-electron chi connectivity index (χ4n) is 3.31. The molecule has 0 bridgehead atoms. The molecule has 1 atom stereocenters. The van der Waals surface area contributed by atoms with Crippen LogP contribution < -0.4 is 0 Å². The molecule has 25 heavy (non-hydrogen) atoms. The third-order valence-corrected chi connectivity index (χ3v) is 4.64. The summed E-state index contributed by atoms with van der Waals surface area (Å²) in [6, 6.07) is 2.96. The van der Waals surface area contributed by atoms with Gasteiger partial charge in [-0.2, -0.15) is 0 Å². The van der Waals surface area contributed by atoms with Crippen LogP contribution in [0.5, 0.6) is 0 Å². The molecule has 0 aromatic carbocycles. The number of rotatable bonds is 3. The minimum atomic E-state index is -1.02. The topological polar surface area (TPSA) is 104 Å². The molecule has 0 aliphatic carbocycles. The van der Waals surface area contributed by atoms with Crippen LogP contribution in [0.2, 0.25) is 0 Å². The molecule has 3 aromatic rings. The van der Waals surface area contributed by atoms with Gasteiger partial charge in [-0.25, -0.2) is 14.8 Å². The number of fused-ring (bicyclic) bond motifs is 2. The lowest BCUT2D eigenvalue weighted by atomic mass is 10.0. The second kappa shape index (κ2) is 5.73. The zero-order valence-corrected chi connectivity index (χ0v) is 13.6. The molecule has 4 heterocycles. The van der Waals surface area contributed by atoms with Gasteiger partial charge in [0.05, 0.1) is 36.4 Å². The fourth-order valence-corrected chi connectivity index (χ4v) is 3.31. The predicted octanol–water partition coefficient (Wildman–Crippen LogP) is 0.946. The number of pyridine rings is 1. The van der Waals surface area contributed by atoms with Crippen LogP contribution in [0.3, 0.4) is 0 Å². The Morgan fingerprint density at radius 3 is 3.04 bits per heavy atom. The molecule has 0 radical (unpaired) electrons. The summed E-state index contributed by atoms with van der Waals surface area (Å²) in [4.78, 5) is 37.3. The highest BCUT2D eigenvalue weighted by molar-refractivity contribution is 5.85. The summed E-state index contributed by atoms with van der Waals surface area (Å²) in [5.41, 5.74) is 4.06. The lowest BCUT2D eigenvalue weighted by molar-refractivity contribution is -0.151. The number of aryl methyl sites for hydroxylation is 1. The highest BCUT2D eigenvalue weighted by Gasteiger charge is 2.36. The van der Waals surface area contributed by atoms with Crippen molar-refractivity contribution in [2.45, 2.75) is 32.4 Å². The van der Waals surface area contributed by atoms with Crippen LogP contribution in [-0.2, 0) is 29.0 Å². The first-order chi connectivity index (χ1) is 12.0. The van der Waals surface area contributed by atoms with Gasteiger partial charge < -0.3 is 19.4 Å². The molecule has 1 aliphatic rings. The fraction of sp³-hybridized carbons (Fsp3) is 0.294. The summed E-state index contributed by atoms with van der Waals surface area (Å²) in [7, 11) is 0. The van der Waals surface area contributed by atoms with E-state index in [0.717, 1.165) is 22.6 Å². The quantitative estimate of drug-likeness (QED) is 0.739. The average molecular weight is 339 g/mol. The molecule has 0 unspecified atom stereocenters. The Morgan fingerprint density at radius 2 is 2.24 bits per heavy atom. The number of H-pyrrole nitrogens is 1. The Bertz CT molecular complexity index is 974. The molecule has 0 fully saturated rings. The first-order valence-corrected chi connectivity index (χ1v) is 7.99. The summed E-state index contributed by atoms with van der Waals surface area (Å²) in [5, 5.41) is 9.51. The number of nitrogens with one attached hydrogen (secondary N) is 1. The lowest BCUT2D eigenvalue weighted by Crippen LogP contribution is -2.49. The van der Waals surface area contributed by atoms with Gasteiger partial charge in [0.25, 0.3) is 0 Å². The van der Waals surface area contributed by atoms with E-state index < -0.39 is 12.0 Å². The van der Waals surface area contributed by atoms with Crippen molar-refractivity contribution < 1.29 is 14.7 Å². The summed E-state index contributed by atoms with van der Waals surface area (Å²) >= 11 is 0. The molecule has 0 saturated carbocycles. The van der Waals surface area contributed by atoms with Gasteiger partial charge in [0.2, 0.25) is 5.91 Å². The number of aromatic nitrogens is 4. The number of amides is 1. The molecular weight excluding hydrogens is 322 g/mol. The van der Waals surface area contributed by atoms with E-state index in [1.165, 1.54) is 11.2 Å². The first-order valence-electron chi connectivity index (χ1n) is 7.99. The molecule has 0 spiro atoms. The maximum absolute atomic E-state index is 12.8. The Labute approximate surface area is 143 Å². The monoisotopic (exact) mass is 339 g/mol. The number of carbonyl (C=O) groups excluding carboxylic acids is 1. The average Bonchev–Trinajstić information content (AvgIpc) is 3.21. The van der Waals surface area contributed by atoms with E-state index in [4.69, 9.17) is 0 Å². The van der Waals surface area contributed by atoms with E-state index in [9.17, 15) is 14.7 Å². The smallest absolute Gasteiger partial charge is 0.326 e. The van der Waals surface area contributed by atoms with Crippen LogP contribution >= 0.6 is 0 Å². The molecule has 2 N–H and O–H groups in total. The van der Waals surface area contributed by atoms with Crippen molar-refractivity contribution in [1.82, 2.24) is 24.3 Å². The normalized spacial score (nSPS) is 16.8. The second-order valence-corrected chi connectivity index (χ2v) is 6.22. The van der Waals surface area contributed by atoms with Gasteiger partial charge in [-0.1, -0.05) is 6.07 Å². The van der Waals surface area contributed by atoms with Crippen LogP contribution in [0.15, 0.2) is 30.9 Å². The van der Waals surface area contributed by atoms with Gasteiger partial charge in [0.1, 0.15) is 11.7 Å². The summed E-state index contributed by atoms with van der Waals surface area (Å²) in [6.07, 6.45) is 5.37. The summed E-state index contributed by atoms with van der Waals surface area (Å²) < 4.78 is 1.87. The van der Waals surface area contributed by atoms with E-state index in [1.807, 2.05) is 29.7 Å². The van der Waals surface area contributed by atoms with Crippen molar-refractivity contribution in [3.63, 3.8) is 0 Å². The maximum atomic E-state index is 12.8. The van der Waals surface area contributed by atoms with Gasteiger partial charge in [0.15, 0.2) is 0 Å².